The summed E-state index contributed by atoms with van der Waals surface area (Å²) in [6, 6.07) is 0.884. The van der Waals surface area contributed by atoms with Crippen molar-refractivity contribution >= 4 is 23.2 Å². The second-order valence-electron chi connectivity index (χ2n) is 11.2. The number of ketones is 2. The van der Waals surface area contributed by atoms with Gasteiger partial charge in [0.05, 0.1) is 11.6 Å². The van der Waals surface area contributed by atoms with Crippen LogP contribution in [-0.2, 0) is 16.0 Å². The number of carbonyl (C=O) groups is 3. The molecule has 202 valence electrons. The smallest absolute Gasteiger partial charge is 0.255 e. The van der Waals surface area contributed by atoms with Crippen LogP contribution in [0.25, 0.3) is 0 Å². The molecule has 0 bridgehead atoms. The number of rotatable bonds is 4. The summed E-state index contributed by atoms with van der Waals surface area (Å²) in [5, 5.41) is 45.4. The number of Topliss-reactive ketones (excluding diaryl/α,β-unsaturated/α-hetero) is 2. The molecule has 0 saturated heterocycles. The van der Waals surface area contributed by atoms with Crippen molar-refractivity contribution in [1.82, 2.24) is 4.90 Å². The van der Waals surface area contributed by atoms with Crippen molar-refractivity contribution in [3.63, 3.8) is 0 Å². The number of aromatic hydroxyl groups is 1. The van der Waals surface area contributed by atoms with Crippen molar-refractivity contribution in [2.75, 3.05) is 33.1 Å². The summed E-state index contributed by atoms with van der Waals surface area (Å²) in [5.74, 6) is -6.47. The molecule has 4 aliphatic carbocycles. The molecule has 0 fully saturated rings. The van der Waals surface area contributed by atoms with E-state index in [0.29, 0.717) is 11.1 Å². The quantitative estimate of drug-likeness (QED) is 0.291. The topological polar surface area (TPSA) is 165 Å². The molecule has 1 aromatic carbocycles. The fourth-order valence-corrected chi connectivity index (χ4v) is 6.89. The van der Waals surface area contributed by atoms with Crippen LogP contribution in [0, 0.1) is 11.8 Å². The summed E-state index contributed by atoms with van der Waals surface area (Å²) in [6.45, 7) is 0. The van der Waals surface area contributed by atoms with E-state index in [9.17, 15) is 34.8 Å². The Bertz CT molecular complexity index is 1370. The predicted molar refractivity (Wildman–Crippen MR) is 139 cm³/mol. The number of carbonyl (C=O) groups excluding carboxylic acids is 3. The van der Waals surface area contributed by atoms with E-state index < -0.39 is 58.0 Å². The normalized spacial score (nSPS) is 30.5. The Balaban J connectivity index is 1.74. The number of nitrogens with zero attached hydrogens (tertiary/aromatic N) is 2. The van der Waals surface area contributed by atoms with Crippen molar-refractivity contribution < 1.29 is 34.8 Å². The monoisotopic (exact) mass is 523 g/mol. The highest BCUT2D eigenvalue weighted by atomic mass is 16.3. The number of phenolic OH excluding ortho intramolecular Hbond substituents is 1. The highest BCUT2D eigenvalue weighted by molar-refractivity contribution is 6.25. The first-order valence-electron chi connectivity index (χ1n) is 12.7. The van der Waals surface area contributed by atoms with E-state index >= 15 is 0 Å². The van der Waals surface area contributed by atoms with E-state index in [1.54, 1.807) is 14.1 Å². The maximum Gasteiger partial charge on any atom is 0.255 e. The van der Waals surface area contributed by atoms with E-state index in [1.807, 2.05) is 37.2 Å². The summed E-state index contributed by atoms with van der Waals surface area (Å²) in [6.07, 6.45) is 5.98. The van der Waals surface area contributed by atoms with Crippen molar-refractivity contribution in [2.24, 2.45) is 17.6 Å². The highest BCUT2D eigenvalue weighted by Gasteiger charge is 2.63. The third-order valence-electron chi connectivity index (χ3n) is 8.62. The molecule has 38 heavy (non-hydrogen) atoms. The van der Waals surface area contributed by atoms with Gasteiger partial charge in [0.15, 0.2) is 11.4 Å². The molecule has 1 amide bonds. The first kappa shape index (κ1) is 26.0. The summed E-state index contributed by atoms with van der Waals surface area (Å²) in [4.78, 5) is 43.0. The lowest BCUT2D eigenvalue weighted by Crippen LogP contribution is -2.63. The number of likely N-dealkylation sites (N-methyl/N-ethyl adjacent to an activating group) is 1. The fourth-order valence-electron chi connectivity index (χ4n) is 6.89. The van der Waals surface area contributed by atoms with Crippen LogP contribution in [0.15, 0.2) is 40.9 Å². The molecule has 5 unspecified atom stereocenters. The zero-order valence-corrected chi connectivity index (χ0v) is 21.9. The molecule has 1 aromatic rings. The summed E-state index contributed by atoms with van der Waals surface area (Å²) >= 11 is 0. The van der Waals surface area contributed by atoms with Gasteiger partial charge in [0, 0.05) is 42.8 Å². The number of benzene rings is 1. The van der Waals surface area contributed by atoms with Gasteiger partial charge < -0.3 is 31.1 Å². The molecule has 0 aliphatic heterocycles. The van der Waals surface area contributed by atoms with E-state index in [2.05, 4.69) is 0 Å². The largest absolute Gasteiger partial charge is 0.510 e. The number of fused-ring (bicyclic) bond motifs is 3. The first-order valence-corrected chi connectivity index (χ1v) is 12.7. The second kappa shape index (κ2) is 8.71. The van der Waals surface area contributed by atoms with E-state index in [4.69, 9.17) is 5.73 Å². The molecule has 0 saturated carbocycles. The SMILES string of the molecule is CN(C)c1cc(C2C=CCC2)c(O)c2c1CC1CC3C(N(C)C)C(O)=C(C(N)=O)C(=O)C3(O)C(O)=C1C2=O. The Morgan fingerprint density at radius 3 is 2.37 bits per heavy atom. The fraction of sp³-hybridized carbons (Fsp3) is 0.464. The van der Waals surface area contributed by atoms with Crippen LogP contribution in [0.5, 0.6) is 5.75 Å². The lowest BCUT2D eigenvalue weighted by molar-refractivity contribution is -0.148. The Labute approximate surface area is 220 Å². The van der Waals surface area contributed by atoms with Crippen molar-refractivity contribution in [3.05, 3.63) is 57.6 Å². The Morgan fingerprint density at radius 2 is 1.82 bits per heavy atom. The third kappa shape index (κ3) is 3.36. The van der Waals surface area contributed by atoms with Crippen LogP contribution in [-0.4, -0.2) is 82.6 Å². The minimum absolute atomic E-state index is 0.0484. The van der Waals surface area contributed by atoms with Crippen LogP contribution in [0.4, 0.5) is 5.69 Å². The van der Waals surface area contributed by atoms with Crippen molar-refractivity contribution in [1.29, 1.82) is 0 Å². The van der Waals surface area contributed by atoms with Crippen LogP contribution < -0.4 is 10.6 Å². The van der Waals surface area contributed by atoms with E-state index in [-0.39, 0.29) is 35.6 Å². The third-order valence-corrected chi connectivity index (χ3v) is 8.62. The van der Waals surface area contributed by atoms with Crippen molar-refractivity contribution in [2.45, 2.75) is 43.2 Å². The number of allylic oxidation sites excluding steroid dienone is 3. The van der Waals surface area contributed by atoms with Crippen LogP contribution in [0.2, 0.25) is 0 Å². The molecule has 0 heterocycles. The maximum atomic E-state index is 14.0. The van der Waals surface area contributed by atoms with Crippen LogP contribution >= 0.6 is 0 Å². The number of anilines is 1. The first-order chi connectivity index (χ1) is 17.8. The summed E-state index contributed by atoms with van der Waals surface area (Å²) < 4.78 is 0. The molecular weight excluding hydrogens is 490 g/mol. The average molecular weight is 524 g/mol. The molecule has 0 radical (unpaired) electrons. The van der Waals surface area contributed by atoms with Gasteiger partial charge in [-0.3, -0.25) is 19.3 Å². The maximum absolute atomic E-state index is 14.0. The predicted octanol–water partition coefficient (Wildman–Crippen LogP) is 1.62. The minimum atomic E-state index is -2.64. The molecule has 10 nitrogen and oxygen atoms in total. The van der Waals surface area contributed by atoms with E-state index in [0.717, 1.165) is 18.5 Å². The van der Waals surface area contributed by atoms with Gasteiger partial charge in [-0.1, -0.05) is 12.2 Å². The lowest BCUT2D eigenvalue weighted by Gasteiger charge is -2.50. The molecule has 4 aliphatic rings. The zero-order chi connectivity index (χ0) is 27.8. The van der Waals surface area contributed by atoms with Crippen molar-refractivity contribution in [3.8, 4) is 5.75 Å². The molecule has 0 aromatic heterocycles. The van der Waals surface area contributed by atoms with Gasteiger partial charge in [0.1, 0.15) is 22.8 Å². The number of amides is 1. The number of nitrogens with two attached hydrogens (primary N) is 1. The number of hydrogen-bond acceptors (Lipinski definition) is 9. The van der Waals surface area contributed by atoms with Crippen LogP contribution in [0.1, 0.15) is 46.7 Å². The molecule has 5 atom stereocenters. The Kier molecular flexibility index (Phi) is 5.96. The van der Waals surface area contributed by atoms with Gasteiger partial charge in [0.25, 0.3) is 5.91 Å². The summed E-state index contributed by atoms with van der Waals surface area (Å²) in [7, 11) is 6.91. The average Bonchev–Trinajstić information content (AvgIpc) is 3.35. The van der Waals surface area contributed by atoms with Gasteiger partial charge in [-0.05, 0) is 57.3 Å². The molecular formula is C28H33N3O7. The standard InChI is InChI=1S/C28H33N3O7/c1-30(2)17-11-14(12-7-5-6-8-12)22(32)19-15(17)9-13-10-16-21(31(3)4)24(34)20(27(29)37)26(36)28(16,38)25(35)18(13)23(19)33/h5,7,11-13,16,21,32,34-35,38H,6,8-10H2,1-4H3,(H2,29,37). The van der Waals surface area contributed by atoms with Gasteiger partial charge in [-0.25, -0.2) is 0 Å². The Morgan fingerprint density at radius 1 is 1.13 bits per heavy atom. The minimum Gasteiger partial charge on any atom is -0.510 e. The lowest BCUT2D eigenvalue weighted by atomic mass is 9.58. The highest BCUT2D eigenvalue weighted by Crippen LogP contribution is 2.54. The van der Waals surface area contributed by atoms with Gasteiger partial charge in [-0.2, -0.15) is 0 Å². The Hall–Kier alpha value is -3.63. The second-order valence-corrected chi connectivity index (χ2v) is 11.2. The summed E-state index contributed by atoms with van der Waals surface area (Å²) in [5.41, 5.74) is 3.82. The van der Waals surface area contributed by atoms with E-state index in [1.165, 1.54) is 4.90 Å². The molecule has 6 N–H and O–H groups in total. The number of hydrogen-bond donors (Lipinski definition) is 5. The van der Waals surface area contributed by atoms with Gasteiger partial charge in [0.2, 0.25) is 5.78 Å². The number of primary amides is 1. The van der Waals surface area contributed by atoms with Crippen LogP contribution in [0.3, 0.4) is 0 Å². The number of aliphatic hydroxyl groups is 3. The molecule has 5 rings (SSSR count). The molecule has 10 heteroatoms. The number of phenols is 1. The van der Waals surface area contributed by atoms with Gasteiger partial charge in [-0.15, -0.1) is 0 Å². The van der Waals surface area contributed by atoms with Gasteiger partial charge >= 0.3 is 0 Å². The number of aliphatic hydroxyl groups excluding tert-OH is 2. The zero-order valence-electron chi connectivity index (χ0n) is 21.9. The molecule has 0 spiro atoms.